The zero-order chi connectivity index (χ0) is 24.1. The number of carbonyl (C=O) groups is 2. The number of nitriles is 1. The van der Waals surface area contributed by atoms with Crippen LogP contribution < -0.4 is 10.2 Å². The number of anilines is 1. The number of benzene rings is 2. The van der Waals surface area contributed by atoms with Crippen LogP contribution in [-0.2, 0) is 16.2 Å². The van der Waals surface area contributed by atoms with Gasteiger partial charge in [-0.1, -0.05) is 24.8 Å². The lowest BCUT2D eigenvalue weighted by Crippen LogP contribution is -2.48. The Labute approximate surface area is 188 Å². The number of nitrogens with zero attached hydrogens (tertiary/aromatic N) is 3. The molecule has 9 nitrogen and oxygen atoms in total. The third-order valence-corrected chi connectivity index (χ3v) is 5.03. The summed E-state index contributed by atoms with van der Waals surface area (Å²) in [5.74, 6) is -0.817. The number of halogens is 1. The molecule has 1 unspecified atom stereocenters. The number of hydrogen-bond donors (Lipinski definition) is 1. The lowest BCUT2D eigenvalue weighted by atomic mass is 9.92. The van der Waals surface area contributed by atoms with E-state index in [9.17, 15) is 24.1 Å². The first-order valence-corrected chi connectivity index (χ1v) is 9.75. The van der Waals surface area contributed by atoms with Gasteiger partial charge < -0.3 is 10.1 Å². The van der Waals surface area contributed by atoms with Gasteiger partial charge in [0.1, 0.15) is 13.3 Å². The minimum atomic E-state index is -1.22. The fourth-order valence-corrected chi connectivity index (χ4v) is 3.56. The van der Waals surface area contributed by atoms with Crippen LogP contribution in [-0.4, -0.2) is 23.5 Å². The van der Waals surface area contributed by atoms with Gasteiger partial charge in [-0.3, -0.25) is 15.0 Å². The quantitative estimate of drug-likeness (QED) is 0.291. The number of alkyl halides is 1. The van der Waals surface area contributed by atoms with Gasteiger partial charge in [0.25, 0.3) is 5.69 Å². The van der Waals surface area contributed by atoms with Crippen LogP contribution in [0.4, 0.5) is 20.6 Å². The van der Waals surface area contributed by atoms with Gasteiger partial charge in [0.05, 0.1) is 39.4 Å². The number of nitro groups is 1. The van der Waals surface area contributed by atoms with Gasteiger partial charge in [-0.25, -0.2) is 14.0 Å². The Balaban J connectivity index is 2.21. The summed E-state index contributed by atoms with van der Waals surface area (Å²) in [6.07, 6.45) is 1.36. The average molecular weight is 450 g/mol. The number of nitrogens with one attached hydrogen (secondary N) is 1. The van der Waals surface area contributed by atoms with E-state index < -0.39 is 35.3 Å². The summed E-state index contributed by atoms with van der Waals surface area (Å²) in [4.78, 5) is 38.2. The normalized spacial score (nSPS) is 15.5. The van der Waals surface area contributed by atoms with Gasteiger partial charge in [-0.2, -0.15) is 5.26 Å². The predicted octanol–water partition coefficient (Wildman–Crippen LogP) is 4.21. The van der Waals surface area contributed by atoms with E-state index in [0.717, 1.165) is 6.07 Å². The number of hydrogen-bond acceptors (Lipinski definition) is 6. The standard InChI is InChI=1S/C23H19FN4O5/c1-3-9-33-22(29)20-14(2)27(17-6-4-5-15(10-17)12-24)23(30)26-21(20)18-8-7-16(13-25)11-19(18)28(31)32/h3-8,10-11,21H,1,9,12H2,2H3,(H,26,30). The molecule has 0 radical (unpaired) electrons. The van der Waals surface area contributed by atoms with Gasteiger partial charge in [-0.05, 0) is 36.8 Å². The van der Waals surface area contributed by atoms with Crippen molar-refractivity contribution in [2.45, 2.75) is 19.6 Å². The molecule has 1 heterocycles. The van der Waals surface area contributed by atoms with Crippen LogP contribution in [0.25, 0.3) is 0 Å². The molecule has 0 saturated heterocycles. The van der Waals surface area contributed by atoms with Crippen molar-refractivity contribution in [3.63, 3.8) is 0 Å². The van der Waals surface area contributed by atoms with Gasteiger partial charge in [0, 0.05) is 11.8 Å². The van der Waals surface area contributed by atoms with E-state index >= 15 is 0 Å². The molecule has 1 N–H and O–H groups in total. The van der Waals surface area contributed by atoms with Crippen molar-refractivity contribution in [3.05, 3.63) is 93.2 Å². The second kappa shape index (κ2) is 9.74. The van der Waals surface area contributed by atoms with Crippen LogP contribution in [0.15, 0.2) is 66.4 Å². The number of allylic oxidation sites excluding steroid dienone is 1. The van der Waals surface area contributed by atoms with Crippen LogP contribution in [0.3, 0.4) is 0 Å². The zero-order valence-corrected chi connectivity index (χ0v) is 17.6. The van der Waals surface area contributed by atoms with Crippen LogP contribution in [0.1, 0.15) is 29.7 Å². The Bertz CT molecular complexity index is 1220. The SMILES string of the molecule is C=CCOC(=O)C1=C(C)N(c2cccc(CF)c2)C(=O)NC1c1ccc(C#N)cc1[N+](=O)[O-]. The van der Waals surface area contributed by atoms with Crippen LogP contribution >= 0.6 is 0 Å². The molecule has 0 bridgehead atoms. The number of rotatable bonds is 7. The highest BCUT2D eigenvalue weighted by atomic mass is 19.1. The average Bonchev–Trinajstić information content (AvgIpc) is 2.81. The van der Waals surface area contributed by atoms with E-state index in [2.05, 4.69) is 11.9 Å². The Morgan fingerprint density at radius 3 is 2.79 bits per heavy atom. The first-order chi connectivity index (χ1) is 15.8. The molecule has 10 heteroatoms. The van der Waals surface area contributed by atoms with Crippen LogP contribution in [0, 0.1) is 21.4 Å². The lowest BCUT2D eigenvalue weighted by Gasteiger charge is -2.35. The first-order valence-electron chi connectivity index (χ1n) is 9.75. The molecule has 1 aliphatic heterocycles. The van der Waals surface area contributed by atoms with Crippen molar-refractivity contribution in [1.29, 1.82) is 5.26 Å². The number of urea groups is 1. The third-order valence-electron chi connectivity index (χ3n) is 5.03. The summed E-state index contributed by atoms with van der Waals surface area (Å²) in [5, 5.41) is 23.4. The molecule has 0 saturated carbocycles. The summed E-state index contributed by atoms with van der Waals surface area (Å²) in [7, 11) is 0. The van der Waals surface area contributed by atoms with Crippen LogP contribution in [0.5, 0.6) is 0 Å². The van der Waals surface area contributed by atoms with E-state index in [1.165, 1.54) is 36.1 Å². The monoisotopic (exact) mass is 450 g/mol. The molecule has 168 valence electrons. The molecular weight excluding hydrogens is 431 g/mol. The minimum Gasteiger partial charge on any atom is -0.458 e. The van der Waals surface area contributed by atoms with Gasteiger partial charge in [-0.15, -0.1) is 0 Å². The van der Waals surface area contributed by atoms with Gasteiger partial charge in [0.15, 0.2) is 0 Å². The number of amides is 2. The zero-order valence-electron chi connectivity index (χ0n) is 17.6. The number of ether oxygens (including phenoxy) is 1. The molecule has 33 heavy (non-hydrogen) atoms. The number of nitro benzene ring substituents is 1. The summed E-state index contributed by atoms with van der Waals surface area (Å²) in [6, 6.07) is 9.82. The van der Waals surface area contributed by atoms with E-state index in [0.29, 0.717) is 11.3 Å². The van der Waals surface area contributed by atoms with Crippen LogP contribution in [0.2, 0.25) is 0 Å². The first kappa shape index (κ1) is 23.1. The Kier molecular flexibility index (Phi) is 6.83. The van der Waals surface area contributed by atoms with Crippen molar-refractivity contribution in [2.75, 3.05) is 11.5 Å². The summed E-state index contributed by atoms with van der Waals surface area (Å²) >= 11 is 0. The fourth-order valence-electron chi connectivity index (χ4n) is 3.56. The second-order valence-corrected chi connectivity index (χ2v) is 7.05. The van der Waals surface area contributed by atoms with E-state index in [1.807, 2.05) is 6.07 Å². The van der Waals surface area contributed by atoms with E-state index in [1.54, 1.807) is 18.2 Å². The van der Waals surface area contributed by atoms with Crippen molar-refractivity contribution in [1.82, 2.24) is 5.32 Å². The Hall–Kier alpha value is -4.52. The molecule has 0 spiro atoms. The summed E-state index contributed by atoms with van der Waals surface area (Å²) < 4.78 is 18.4. The molecule has 3 rings (SSSR count). The highest BCUT2D eigenvalue weighted by Crippen LogP contribution is 2.38. The largest absolute Gasteiger partial charge is 0.458 e. The maximum Gasteiger partial charge on any atom is 0.338 e. The number of carbonyl (C=O) groups excluding carboxylic acids is 2. The second-order valence-electron chi connectivity index (χ2n) is 7.05. The Morgan fingerprint density at radius 1 is 1.39 bits per heavy atom. The molecule has 2 aromatic rings. The Morgan fingerprint density at radius 2 is 2.15 bits per heavy atom. The van der Waals surface area contributed by atoms with Crippen molar-refractivity contribution in [2.24, 2.45) is 0 Å². The molecule has 2 amide bonds. The summed E-state index contributed by atoms with van der Waals surface area (Å²) in [6.45, 7) is 4.12. The topological polar surface area (TPSA) is 126 Å². The summed E-state index contributed by atoms with van der Waals surface area (Å²) in [5.41, 5.74) is 0.371. The molecule has 2 aromatic carbocycles. The highest BCUT2D eigenvalue weighted by molar-refractivity contribution is 6.03. The minimum absolute atomic E-state index is 0.00871. The predicted molar refractivity (Wildman–Crippen MR) is 117 cm³/mol. The highest BCUT2D eigenvalue weighted by Gasteiger charge is 2.40. The fraction of sp³-hybridized carbons (Fsp3) is 0.174. The molecular formula is C23H19FN4O5. The van der Waals surface area contributed by atoms with Crippen molar-refractivity contribution in [3.8, 4) is 6.07 Å². The molecule has 0 fully saturated rings. The molecule has 1 atom stereocenters. The lowest BCUT2D eigenvalue weighted by molar-refractivity contribution is -0.385. The number of esters is 1. The maximum absolute atomic E-state index is 13.2. The third kappa shape index (κ3) is 4.57. The van der Waals surface area contributed by atoms with Gasteiger partial charge in [0.2, 0.25) is 0 Å². The van der Waals surface area contributed by atoms with E-state index in [-0.39, 0.29) is 29.0 Å². The van der Waals surface area contributed by atoms with Gasteiger partial charge >= 0.3 is 12.0 Å². The molecule has 1 aliphatic rings. The van der Waals surface area contributed by atoms with Crippen molar-refractivity contribution >= 4 is 23.4 Å². The molecule has 0 aromatic heterocycles. The smallest absolute Gasteiger partial charge is 0.338 e. The molecule has 0 aliphatic carbocycles. The maximum atomic E-state index is 13.2. The van der Waals surface area contributed by atoms with Crippen molar-refractivity contribution < 1.29 is 23.6 Å². The van der Waals surface area contributed by atoms with E-state index in [4.69, 9.17) is 10.00 Å².